The monoisotopic (exact) mass is 506 g/mol. The Morgan fingerprint density at radius 1 is 1.03 bits per heavy atom. The van der Waals surface area contributed by atoms with Crippen LogP contribution in [0.15, 0.2) is 0 Å². The molecule has 11 atom stereocenters. The molecule has 36 heavy (non-hydrogen) atoms. The van der Waals surface area contributed by atoms with Crippen molar-refractivity contribution in [3.8, 4) is 0 Å². The second kappa shape index (κ2) is 9.87. The molecule has 4 saturated carbocycles. The quantitative estimate of drug-likeness (QED) is 0.502. The van der Waals surface area contributed by atoms with E-state index in [1.165, 1.54) is 7.11 Å². The summed E-state index contributed by atoms with van der Waals surface area (Å²) in [6, 6.07) is 0. The first kappa shape index (κ1) is 27.9. The number of fused-ring (bicyclic) bond motifs is 5. The second-order valence-electron chi connectivity index (χ2n) is 14.2. The second-order valence-corrected chi connectivity index (χ2v) is 14.2. The van der Waals surface area contributed by atoms with Gasteiger partial charge in [0.05, 0.1) is 25.2 Å². The van der Waals surface area contributed by atoms with Gasteiger partial charge < -0.3 is 19.7 Å². The van der Waals surface area contributed by atoms with Crippen LogP contribution in [0.1, 0.15) is 99.3 Å². The number of esters is 2. The van der Waals surface area contributed by atoms with Crippen LogP contribution in [0.2, 0.25) is 0 Å². The Balaban J connectivity index is 1.50. The van der Waals surface area contributed by atoms with E-state index in [0.29, 0.717) is 18.3 Å². The Kier molecular flexibility index (Phi) is 7.65. The average molecular weight is 507 g/mol. The molecule has 2 N–H and O–H groups in total. The zero-order chi connectivity index (χ0) is 26.6. The van der Waals surface area contributed by atoms with E-state index in [4.69, 9.17) is 9.47 Å². The largest absolute Gasteiger partial charge is 0.469 e. The topological polar surface area (TPSA) is 93.1 Å². The number of carbonyl (C=O) groups excluding carboxylic acids is 2. The lowest BCUT2D eigenvalue weighted by molar-refractivity contribution is -0.206. The maximum Gasteiger partial charge on any atom is 0.308 e. The Morgan fingerprint density at radius 3 is 2.36 bits per heavy atom. The van der Waals surface area contributed by atoms with Gasteiger partial charge in [-0.25, -0.2) is 0 Å². The van der Waals surface area contributed by atoms with Crippen LogP contribution < -0.4 is 0 Å². The van der Waals surface area contributed by atoms with Crippen molar-refractivity contribution in [2.24, 2.45) is 52.3 Å². The first-order valence-corrected chi connectivity index (χ1v) is 14.4. The van der Waals surface area contributed by atoms with Gasteiger partial charge in [0, 0.05) is 6.42 Å². The average Bonchev–Trinajstić information content (AvgIpc) is 3.15. The molecule has 11 unspecified atom stereocenters. The molecule has 0 amide bonds. The smallest absolute Gasteiger partial charge is 0.308 e. The molecule has 206 valence electrons. The van der Waals surface area contributed by atoms with Crippen LogP contribution in [0.4, 0.5) is 0 Å². The third-order valence-corrected chi connectivity index (χ3v) is 11.3. The molecule has 6 heteroatoms. The number of carbonyl (C=O) groups is 2. The van der Waals surface area contributed by atoms with Crippen molar-refractivity contribution in [2.45, 2.75) is 117 Å². The molecule has 0 aromatic rings. The summed E-state index contributed by atoms with van der Waals surface area (Å²) in [6.07, 6.45) is 6.46. The molecular weight excluding hydrogens is 456 g/mol. The van der Waals surface area contributed by atoms with E-state index < -0.39 is 17.8 Å². The first-order chi connectivity index (χ1) is 16.7. The van der Waals surface area contributed by atoms with Gasteiger partial charge in [-0.3, -0.25) is 9.59 Å². The highest BCUT2D eigenvalue weighted by atomic mass is 16.6. The van der Waals surface area contributed by atoms with Crippen molar-refractivity contribution in [3.05, 3.63) is 0 Å². The van der Waals surface area contributed by atoms with E-state index in [-0.39, 0.29) is 52.4 Å². The van der Waals surface area contributed by atoms with E-state index in [2.05, 4.69) is 20.8 Å². The minimum Gasteiger partial charge on any atom is -0.469 e. The molecule has 0 aromatic carbocycles. The van der Waals surface area contributed by atoms with Gasteiger partial charge in [0.2, 0.25) is 0 Å². The fraction of sp³-hybridized carbons (Fsp3) is 0.933. The van der Waals surface area contributed by atoms with Crippen molar-refractivity contribution in [1.82, 2.24) is 0 Å². The minimum atomic E-state index is -0.472. The maximum atomic E-state index is 12.4. The van der Waals surface area contributed by atoms with Gasteiger partial charge in [-0.15, -0.1) is 0 Å². The Labute approximate surface area is 217 Å². The maximum absolute atomic E-state index is 12.4. The zero-order valence-corrected chi connectivity index (χ0v) is 23.6. The third kappa shape index (κ3) is 4.74. The van der Waals surface area contributed by atoms with Crippen LogP contribution in [-0.4, -0.2) is 47.1 Å². The molecule has 0 spiro atoms. The normalized spacial score (nSPS) is 45.1. The highest BCUT2D eigenvalue weighted by Crippen LogP contribution is 2.68. The van der Waals surface area contributed by atoms with Crippen molar-refractivity contribution >= 4 is 11.9 Å². The summed E-state index contributed by atoms with van der Waals surface area (Å²) in [6.45, 7) is 12.5. The summed E-state index contributed by atoms with van der Waals surface area (Å²) in [5.74, 6) is 1.32. The van der Waals surface area contributed by atoms with Crippen LogP contribution in [0.5, 0.6) is 0 Å². The van der Waals surface area contributed by atoms with Gasteiger partial charge in [-0.2, -0.15) is 0 Å². The molecular formula is C30H50O6. The summed E-state index contributed by atoms with van der Waals surface area (Å²) < 4.78 is 10.6. The standard InChI is InChI=1S/C30H50O6/c1-17(8-11-25(33)36-28(2,3)4)20-9-10-21-26-22(16-24(32)30(20,21)6)29(5)13-12-18(27(34)35-7)14-19(29)15-23(26)31/h17-24,26,31-32H,8-16H2,1-7H3. The van der Waals surface area contributed by atoms with E-state index in [1.807, 2.05) is 20.8 Å². The number of hydrogen-bond acceptors (Lipinski definition) is 6. The molecule has 0 saturated heterocycles. The number of hydrogen-bond donors (Lipinski definition) is 2. The molecule has 6 nitrogen and oxygen atoms in total. The number of rotatable bonds is 5. The van der Waals surface area contributed by atoms with Gasteiger partial charge in [0.15, 0.2) is 0 Å². The highest BCUT2D eigenvalue weighted by Gasteiger charge is 2.65. The fourth-order valence-corrected chi connectivity index (χ4v) is 9.47. The minimum absolute atomic E-state index is 0.0388. The lowest BCUT2D eigenvalue weighted by Gasteiger charge is -2.63. The van der Waals surface area contributed by atoms with Crippen LogP contribution in [0, 0.1) is 52.3 Å². The zero-order valence-electron chi connectivity index (χ0n) is 23.6. The fourth-order valence-electron chi connectivity index (χ4n) is 9.47. The first-order valence-electron chi connectivity index (χ1n) is 14.4. The number of aliphatic hydroxyl groups excluding tert-OH is 2. The SMILES string of the molecule is COC(=O)C1CCC2(C)C(C1)CC(O)C1C2CC(O)C2(C)C(C(C)CCC(=O)OC(C)(C)C)CCC12. The molecule has 0 heterocycles. The highest BCUT2D eigenvalue weighted by molar-refractivity contribution is 5.72. The number of aliphatic hydroxyl groups is 2. The predicted molar refractivity (Wildman–Crippen MR) is 138 cm³/mol. The van der Waals surface area contributed by atoms with Crippen LogP contribution in [-0.2, 0) is 19.1 Å². The molecule has 4 rings (SSSR count). The molecule has 0 radical (unpaired) electrons. The summed E-state index contributed by atoms with van der Waals surface area (Å²) in [7, 11) is 1.46. The van der Waals surface area contributed by atoms with E-state index in [9.17, 15) is 19.8 Å². The number of ether oxygens (including phenoxy) is 2. The van der Waals surface area contributed by atoms with Crippen LogP contribution in [0.3, 0.4) is 0 Å². The summed E-state index contributed by atoms with van der Waals surface area (Å²) >= 11 is 0. The summed E-state index contributed by atoms with van der Waals surface area (Å²) in [5, 5.41) is 23.3. The molecule has 0 aromatic heterocycles. The van der Waals surface area contributed by atoms with Gasteiger partial charge in [0.25, 0.3) is 0 Å². The number of methoxy groups -OCH3 is 1. The Morgan fingerprint density at radius 2 is 1.72 bits per heavy atom. The van der Waals surface area contributed by atoms with Gasteiger partial charge in [-0.05, 0) is 118 Å². The molecule has 0 bridgehead atoms. The predicted octanol–water partition coefficient (Wildman–Crippen LogP) is 5.13. The van der Waals surface area contributed by atoms with Gasteiger partial charge in [0.1, 0.15) is 5.60 Å². The van der Waals surface area contributed by atoms with E-state index >= 15 is 0 Å². The van der Waals surface area contributed by atoms with Gasteiger partial charge >= 0.3 is 11.9 Å². The Hall–Kier alpha value is -1.14. The summed E-state index contributed by atoms with van der Waals surface area (Å²) in [4.78, 5) is 24.6. The van der Waals surface area contributed by atoms with Crippen LogP contribution >= 0.6 is 0 Å². The van der Waals surface area contributed by atoms with Crippen molar-refractivity contribution in [2.75, 3.05) is 7.11 Å². The third-order valence-electron chi connectivity index (χ3n) is 11.3. The molecule has 0 aliphatic heterocycles. The van der Waals surface area contributed by atoms with Crippen LogP contribution in [0.25, 0.3) is 0 Å². The Bertz CT molecular complexity index is 834. The lowest BCUT2D eigenvalue weighted by atomic mass is 9.42. The van der Waals surface area contributed by atoms with Crippen molar-refractivity contribution < 1.29 is 29.3 Å². The molecule has 4 aliphatic carbocycles. The van der Waals surface area contributed by atoms with Gasteiger partial charge in [-0.1, -0.05) is 20.8 Å². The van der Waals surface area contributed by atoms with E-state index in [1.54, 1.807) is 0 Å². The van der Waals surface area contributed by atoms with Crippen molar-refractivity contribution in [1.29, 1.82) is 0 Å². The van der Waals surface area contributed by atoms with Crippen molar-refractivity contribution in [3.63, 3.8) is 0 Å². The lowest BCUT2D eigenvalue weighted by Crippen LogP contribution is -2.62. The molecule has 4 fully saturated rings. The van der Waals surface area contributed by atoms with E-state index in [0.717, 1.165) is 51.4 Å². The summed E-state index contributed by atoms with van der Waals surface area (Å²) in [5.41, 5.74) is -0.681. The molecule has 4 aliphatic rings.